The van der Waals surface area contributed by atoms with Gasteiger partial charge in [-0.05, 0) is 150 Å². The molecule has 0 aliphatic carbocycles. The van der Waals surface area contributed by atoms with E-state index in [0.29, 0.717) is 37.9 Å². The minimum Gasteiger partial charge on any atom is -0.507 e. The molecule has 8 nitrogen and oxygen atoms in total. The summed E-state index contributed by atoms with van der Waals surface area (Å²) in [6.45, 7) is 42.9. The highest BCUT2D eigenvalue weighted by molar-refractivity contribution is 6.00. The molecule has 0 atom stereocenters. The van der Waals surface area contributed by atoms with Gasteiger partial charge >= 0.3 is 11.9 Å². The van der Waals surface area contributed by atoms with Gasteiger partial charge in [-0.15, -0.1) is 0 Å². The molecule has 2 saturated heterocycles. The van der Waals surface area contributed by atoms with Gasteiger partial charge in [0.05, 0.1) is 0 Å². The first-order valence-electron chi connectivity index (χ1n) is 24.8. The summed E-state index contributed by atoms with van der Waals surface area (Å²) < 4.78 is 13.5. The van der Waals surface area contributed by atoms with Gasteiger partial charge in [-0.3, -0.25) is 19.4 Å². The summed E-state index contributed by atoms with van der Waals surface area (Å²) in [6.07, 6.45) is 5.16. The SMILES string of the molecule is CN1C(C)(C)CC(OC(=O)C(CCCCCc2cc(C(C)(C)C)c(O)c(C(C)(C)C)c2)(Cc2cc(C(C)(C)C)c(O)c(C(C)(C)C)c2)C(=O)OC2CC(C)(C)N(C)C(C)(C)C2)CC1(C)C. The van der Waals surface area contributed by atoms with Crippen molar-refractivity contribution in [2.24, 2.45) is 5.41 Å². The third kappa shape index (κ3) is 12.3. The first-order valence-corrected chi connectivity index (χ1v) is 24.8. The molecule has 368 valence electrons. The summed E-state index contributed by atoms with van der Waals surface area (Å²) in [4.78, 5) is 36.0. The molecule has 2 aromatic carbocycles. The Kier molecular flexibility index (Phi) is 15.5. The van der Waals surface area contributed by atoms with E-state index in [9.17, 15) is 10.2 Å². The van der Waals surface area contributed by atoms with Crippen molar-refractivity contribution < 1.29 is 29.3 Å². The van der Waals surface area contributed by atoms with Gasteiger partial charge in [-0.2, -0.15) is 0 Å². The van der Waals surface area contributed by atoms with Gasteiger partial charge in [-0.1, -0.05) is 120 Å². The minimum absolute atomic E-state index is 0.0950. The molecule has 8 heteroatoms. The van der Waals surface area contributed by atoms with Gasteiger partial charge in [0.15, 0.2) is 5.41 Å². The topological polar surface area (TPSA) is 99.5 Å². The maximum absolute atomic E-state index is 15.6. The average Bonchev–Trinajstić information content (AvgIpc) is 3.10. The Morgan fingerprint density at radius 1 is 0.523 bits per heavy atom. The zero-order valence-electron chi connectivity index (χ0n) is 45.5. The second-order valence-electron chi connectivity index (χ2n) is 27.1. The van der Waals surface area contributed by atoms with Crippen molar-refractivity contribution in [1.29, 1.82) is 0 Å². The zero-order valence-corrected chi connectivity index (χ0v) is 45.5. The normalized spacial score (nSPS) is 20.2. The van der Waals surface area contributed by atoms with E-state index < -0.39 is 40.4 Å². The molecule has 2 heterocycles. The molecule has 0 spiro atoms. The number of aryl methyl sites for hydroxylation is 1. The van der Waals surface area contributed by atoms with Crippen LogP contribution < -0.4 is 0 Å². The third-order valence-corrected chi connectivity index (χ3v) is 15.5. The smallest absolute Gasteiger partial charge is 0.324 e. The van der Waals surface area contributed by atoms with E-state index in [4.69, 9.17) is 9.47 Å². The van der Waals surface area contributed by atoms with E-state index in [0.717, 1.165) is 47.1 Å². The molecular formula is C57H94N2O6. The molecule has 2 aromatic rings. The summed E-state index contributed by atoms with van der Waals surface area (Å²) in [5.74, 6) is -0.390. The average molecular weight is 903 g/mol. The lowest BCUT2D eigenvalue weighted by Gasteiger charge is -2.53. The molecule has 2 fully saturated rings. The van der Waals surface area contributed by atoms with Crippen molar-refractivity contribution in [3.63, 3.8) is 0 Å². The molecule has 0 unspecified atom stereocenters. The number of phenolic OH excluding ortho intramolecular Hbond substituents is 2. The molecule has 0 amide bonds. The molecule has 0 aromatic heterocycles. The number of ether oxygens (including phenoxy) is 2. The Morgan fingerprint density at radius 3 is 1.11 bits per heavy atom. The number of hydrogen-bond donors (Lipinski definition) is 2. The van der Waals surface area contributed by atoms with Crippen molar-refractivity contribution in [1.82, 2.24) is 9.80 Å². The fraction of sp³-hybridized carbons (Fsp3) is 0.754. The van der Waals surface area contributed by atoms with E-state index in [-0.39, 0.29) is 51.6 Å². The number of unbranched alkanes of at least 4 members (excludes halogenated alkanes) is 2. The molecule has 2 N–H and O–H groups in total. The molecule has 2 aliphatic rings. The van der Waals surface area contributed by atoms with Gasteiger partial charge in [0.1, 0.15) is 23.7 Å². The summed E-state index contributed by atoms with van der Waals surface area (Å²) >= 11 is 0. The van der Waals surface area contributed by atoms with Crippen LogP contribution in [0.2, 0.25) is 0 Å². The number of carbonyl (C=O) groups excluding carboxylic acids is 2. The summed E-state index contributed by atoms with van der Waals surface area (Å²) in [7, 11) is 4.28. The number of rotatable bonds is 12. The molecule has 65 heavy (non-hydrogen) atoms. The van der Waals surface area contributed by atoms with Crippen LogP contribution >= 0.6 is 0 Å². The van der Waals surface area contributed by atoms with Crippen LogP contribution in [-0.2, 0) is 53.6 Å². The third-order valence-electron chi connectivity index (χ3n) is 15.5. The highest BCUT2D eigenvalue weighted by atomic mass is 16.6. The second kappa shape index (κ2) is 18.4. The Balaban J connectivity index is 1.86. The van der Waals surface area contributed by atoms with Crippen molar-refractivity contribution in [2.45, 2.75) is 259 Å². The number of carbonyl (C=O) groups is 2. The van der Waals surface area contributed by atoms with Gasteiger partial charge in [0.2, 0.25) is 0 Å². The first kappa shape index (κ1) is 54.5. The van der Waals surface area contributed by atoms with Crippen LogP contribution in [0, 0.1) is 5.41 Å². The number of nitrogens with zero attached hydrogens (tertiary/aromatic N) is 2. The standard InChI is InChI=1S/C57H94N2O6/c1-49(2,3)41-28-37(29-42(45(41)60)50(4,5)6)26-24-23-25-27-57(47(62)64-39-33-53(13,14)58(21)54(15,16)34-39,48(63)65-40-35-55(17,18)59(22)56(19,20)36-40)32-38-30-43(51(7,8)9)46(61)44(31-38)52(10,11)12/h28-31,39-40,60-61H,23-27,32-36H2,1-22H3. The van der Waals surface area contributed by atoms with Gasteiger partial charge in [-0.25, -0.2) is 0 Å². The van der Waals surface area contributed by atoms with E-state index in [1.165, 1.54) is 5.56 Å². The predicted molar refractivity (Wildman–Crippen MR) is 269 cm³/mol. The van der Waals surface area contributed by atoms with Crippen LogP contribution in [0.4, 0.5) is 0 Å². The first-order chi connectivity index (χ1) is 29.2. The molecule has 0 saturated carbocycles. The number of aromatic hydroxyl groups is 2. The lowest BCUT2D eigenvalue weighted by Crippen LogP contribution is -2.61. The molecule has 2 aliphatic heterocycles. The van der Waals surface area contributed by atoms with E-state index in [1.54, 1.807) is 0 Å². The molecule has 4 rings (SSSR count). The molecular weight excluding hydrogens is 809 g/mol. The van der Waals surface area contributed by atoms with Crippen molar-refractivity contribution in [3.8, 4) is 11.5 Å². The van der Waals surface area contributed by atoms with Gasteiger partial charge in [0, 0.05) is 47.8 Å². The Morgan fingerprint density at radius 2 is 0.815 bits per heavy atom. The number of hydrogen-bond acceptors (Lipinski definition) is 8. The Bertz CT molecular complexity index is 1870. The molecule has 0 bridgehead atoms. The maximum Gasteiger partial charge on any atom is 0.324 e. The van der Waals surface area contributed by atoms with Crippen LogP contribution in [0.15, 0.2) is 24.3 Å². The number of phenols is 2. The van der Waals surface area contributed by atoms with Crippen LogP contribution in [0.25, 0.3) is 0 Å². The number of piperidine rings is 2. The van der Waals surface area contributed by atoms with Crippen LogP contribution in [0.1, 0.15) is 223 Å². The number of esters is 2. The highest BCUT2D eigenvalue weighted by Gasteiger charge is 2.54. The quantitative estimate of drug-likeness (QED) is 0.123. The highest BCUT2D eigenvalue weighted by Crippen LogP contribution is 2.46. The largest absolute Gasteiger partial charge is 0.507 e. The number of benzene rings is 2. The predicted octanol–water partition coefficient (Wildman–Crippen LogP) is 13.0. The zero-order chi connectivity index (χ0) is 49.9. The fourth-order valence-corrected chi connectivity index (χ4v) is 11.0. The van der Waals surface area contributed by atoms with Gasteiger partial charge < -0.3 is 19.7 Å². The van der Waals surface area contributed by atoms with Crippen molar-refractivity contribution >= 4 is 11.9 Å². The van der Waals surface area contributed by atoms with Crippen LogP contribution in [-0.4, -0.2) is 80.4 Å². The van der Waals surface area contributed by atoms with Gasteiger partial charge in [0.25, 0.3) is 0 Å². The summed E-state index contributed by atoms with van der Waals surface area (Å²) in [6, 6.07) is 8.33. The Hall–Kier alpha value is -3.10. The maximum atomic E-state index is 15.6. The summed E-state index contributed by atoms with van der Waals surface area (Å²) in [5.41, 5.74) is 1.56. The van der Waals surface area contributed by atoms with Crippen molar-refractivity contribution in [2.75, 3.05) is 14.1 Å². The summed E-state index contributed by atoms with van der Waals surface area (Å²) in [5, 5.41) is 23.2. The minimum atomic E-state index is -1.64. The van der Waals surface area contributed by atoms with E-state index in [2.05, 4.69) is 175 Å². The van der Waals surface area contributed by atoms with Crippen molar-refractivity contribution in [3.05, 3.63) is 57.6 Å². The van der Waals surface area contributed by atoms with Crippen LogP contribution in [0.5, 0.6) is 11.5 Å². The fourth-order valence-electron chi connectivity index (χ4n) is 11.0. The van der Waals surface area contributed by atoms with E-state index in [1.807, 2.05) is 12.1 Å². The van der Waals surface area contributed by atoms with E-state index >= 15 is 9.59 Å². The molecule has 0 radical (unpaired) electrons. The lowest BCUT2D eigenvalue weighted by atomic mass is 9.73. The monoisotopic (exact) mass is 903 g/mol. The Labute approximate surface area is 397 Å². The lowest BCUT2D eigenvalue weighted by molar-refractivity contribution is -0.188. The van der Waals surface area contributed by atoms with Crippen LogP contribution in [0.3, 0.4) is 0 Å². The second-order valence-corrected chi connectivity index (χ2v) is 27.1. The number of likely N-dealkylation sites (tertiary alicyclic amines) is 2.